The number of rotatable bonds is 25. The number of benzene rings is 3. The van der Waals surface area contributed by atoms with E-state index in [1.165, 1.54) is 4.90 Å². The zero-order valence-electron chi connectivity index (χ0n) is 37.3. The lowest BCUT2D eigenvalue weighted by Crippen LogP contribution is -2.45. The minimum absolute atomic E-state index is 0.0111. The van der Waals surface area contributed by atoms with Crippen LogP contribution in [0.25, 0.3) is 22.2 Å². The number of nitrogens with two attached hydrogens (primary N) is 1. The summed E-state index contributed by atoms with van der Waals surface area (Å²) < 4.78 is 23.2. The fourth-order valence-electron chi connectivity index (χ4n) is 8.00. The smallest absolute Gasteiger partial charge is 0.435 e. The molecule has 352 valence electrons. The molecule has 0 spiro atoms. The standard InChI is InChI=1S/C48H53N7O12/c1-28(2)41(52-39(57)16-19-64-21-23-66-24-22-65-20-18-54-45(60)35-26-36(35)46(54)61)38(56)25-30(7-6-17-50-47(49)62)44(59)51-31-14-12-29(13-15-31)27-67-48(63)55-37-11-5-10-34-40(37)42(53-55)32-8-3-4-9-33(32)43(34)58/h3-5,8-15,28,30,41H,6-7,16-27H2,1-2H3,(H,51,59)(H,52,57)(H3,49,50,62)/t30-,41+/m1/s1. The zero-order chi connectivity index (χ0) is 47.6. The van der Waals surface area contributed by atoms with Crippen molar-refractivity contribution in [2.45, 2.75) is 58.6 Å². The molecular formula is C48H53N7O12. The van der Waals surface area contributed by atoms with E-state index in [2.05, 4.69) is 21.0 Å². The molecule has 19 nitrogen and oxygen atoms in total. The Hall–Kier alpha value is -7.09. The second kappa shape index (κ2) is 21.9. The topological polar surface area (TPSA) is 257 Å². The summed E-state index contributed by atoms with van der Waals surface area (Å²) in [6.45, 7) is 5.19. The lowest BCUT2D eigenvalue weighted by atomic mass is 9.87. The van der Waals surface area contributed by atoms with Gasteiger partial charge in [0, 0.05) is 70.6 Å². The van der Waals surface area contributed by atoms with Gasteiger partial charge in [0.25, 0.3) is 11.8 Å². The molecule has 2 atom stereocenters. The second-order valence-electron chi connectivity index (χ2n) is 16.6. The van der Waals surface area contributed by atoms with Gasteiger partial charge in [-0.2, -0.15) is 9.78 Å². The number of hydrogen-bond acceptors (Lipinski definition) is 13. The van der Waals surface area contributed by atoms with Crippen LogP contribution in [0.15, 0.2) is 77.9 Å². The minimum Gasteiger partial charge on any atom is -0.443 e. The van der Waals surface area contributed by atoms with Crippen molar-refractivity contribution in [3.8, 4) is 11.3 Å². The van der Waals surface area contributed by atoms with E-state index in [-0.39, 0.29) is 108 Å². The minimum atomic E-state index is -0.874. The van der Waals surface area contributed by atoms with Gasteiger partial charge in [-0.15, -0.1) is 0 Å². The molecule has 0 fully saturated rings. The first kappa shape index (κ1) is 47.9. The van der Waals surface area contributed by atoms with Crippen molar-refractivity contribution in [2.24, 2.45) is 17.6 Å². The molecule has 0 radical (unpaired) electrons. The van der Waals surface area contributed by atoms with E-state index < -0.39 is 35.9 Å². The van der Waals surface area contributed by atoms with E-state index in [0.29, 0.717) is 68.5 Å². The number of imide groups is 1. The molecule has 67 heavy (non-hydrogen) atoms. The number of aromatic nitrogens is 2. The number of carbonyl (C=O) groups excluding carboxylic acids is 8. The molecule has 0 saturated heterocycles. The fourth-order valence-corrected chi connectivity index (χ4v) is 8.00. The van der Waals surface area contributed by atoms with Crippen molar-refractivity contribution in [3.63, 3.8) is 0 Å². The van der Waals surface area contributed by atoms with Gasteiger partial charge in [0.1, 0.15) is 12.3 Å². The molecule has 2 heterocycles. The van der Waals surface area contributed by atoms with Gasteiger partial charge in [-0.25, -0.2) is 9.59 Å². The Labute approximate surface area is 385 Å². The number of hydrogen-bond donors (Lipinski definition) is 4. The van der Waals surface area contributed by atoms with Crippen LogP contribution in [0.5, 0.6) is 0 Å². The summed E-state index contributed by atoms with van der Waals surface area (Å²) in [6.07, 6.45) is 0.158. The van der Waals surface area contributed by atoms with E-state index in [0.717, 1.165) is 4.68 Å². The van der Waals surface area contributed by atoms with Gasteiger partial charge in [-0.05, 0) is 42.5 Å². The Morgan fingerprint density at radius 1 is 0.791 bits per heavy atom. The summed E-state index contributed by atoms with van der Waals surface area (Å²) in [5, 5.41) is 13.3. The molecule has 5 N–H and O–H groups in total. The number of carbonyl (C=O) groups is 8. The van der Waals surface area contributed by atoms with E-state index in [9.17, 15) is 38.4 Å². The van der Waals surface area contributed by atoms with Crippen LogP contribution in [0, 0.1) is 11.8 Å². The third-order valence-electron chi connectivity index (χ3n) is 11.6. The van der Waals surface area contributed by atoms with Crippen molar-refractivity contribution in [3.05, 3.63) is 94.6 Å². The number of likely N-dealkylation sites (tertiary alicyclic amines) is 1. The van der Waals surface area contributed by atoms with E-state index in [1.54, 1.807) is 74.5 Å². The summed E-state index contributed by atoms with van der Waals surface area (Å²) >= 11 is 0. The Balaban J connectivity index is 0.843. The fraction of sp³-hybridized carbons (Fsp3) is 0.396. The Morgan fingerprint density at radius 3 is 2.13 bits per heavy atom. The van der Waals surface area contributed by atoms with Crippen LogP contribution in [0.4, 0.5) is 15.3 Å². The predicted octanol–water partition coefficient (Wildman–Crippen LogP) is 4.04. The maximum Gasteiger partial charge on any atom is 0.435 e. The summed E-state index contributed by atoms with van der Waals surface area (Å²) in [5.74, 6) is -2.87. The highest BCUT2D eigenvalue weighted by atomic mass is 16.6. The molecule has 7 rings (SSSR count). The van der Waals surface area contributed by atoms with Crippen LogP contribution in [0.1, 0.15) is 67.4 Å². The SMILES string of the molecule is CC(C)[C@H](NC(=O)CCOCCOCCOCCN1C(=O)C2=C(C2)C1=O)C(=O)C[C@@H](CCCNC(N)=O)C(=O)Nc1ccc(COC(=O)n2nc3c4c(cccc42)C(=O)c2ccccc2-3)cc1. The van der Waals surface area contributed by atoms with Crippen molar-refractivity contribution in [2.75, 3.05) is 58.0 Å². The predicted molar refractivity (Wildman–Crippen MR) is 241 cm³/mol. The van der Waals surface area contributed by atoms with Crippen LogP contribution in [0.2, 0.25) is 0 Å². The molecule has 3 aromatic carbocycles. The van der Waals surface area contributed by atoms with Gasteiger partial charge >= 0.3 is 12.1 Å². The van der Waals surface area contributed by atoms with Crippen LogP contribution < -0.4 is 21.7 Å². The summed E-state index contributed by atoms with van der Waals surface area (Å²) in [7, 11) is 0. The van der Waals surface area contributed by atoms with E-state index >= 15 is 0 Å². The number of ether oxygens (including phenoxy) is 4. The first-order valence-electron chi connectivity index (χ1n) is 22.2. The normalized spacial score (nSPS) is 14.5. The summed E-state index contributed by atoms with van der Waals surface area (Å²) in [5.41, 5.74) is 10.1. The Kier molecular flexibility index (Phi) is 15.7. The average Bonchev–Trinajstić information content (AvgIpc) is 3.97. The highest BCUT2D eigenvalue weighted by Gasteiger charge is 2.46. The summed E-state index contributed by atoms with van der Waals surface area (Å²) in [4.78, 5) is 103. The average molecular weight is 920 g/mol. The molecule has 0 unspecified atom stereocenters. The first-order valence-corrected chi connectivity index (χ1v) is 22.2. The highest BCUT2D eigenvalue weighted by Crippen LogP contribution is 2.40. The molecule has 1 aliphatic heterocycles. The third-order valence-corrected chi connectivity index (χ3v) is 11.6. The van der Waals surface area contributed by atoms with Crippen molar-refractivity contribution in [1.82, 2.24) is 25.3 Å². The van der Waals surface area contributed by atoms with Gasteiger partial charge in [-0.1, -0.05) is 62.4 Å². The number of primary amides is 1. The maximum atomic E-state index is 13.7. The van der Waals surface area contributed by atoms with Gasteiger partial charge in [0.2, 0.25) is 11.8 Å². The Morgan fingerprint density at radius 2 is 1.45 bits per heavy atom. The number of piperidine rings is 1. The van der Waals surface area contributed by atoms with Crippen LogP contribution in [-0.2, 0) is 49.5 Å². The van der Waals surface area contributed by atoms with Gasteiger partial charge in [-0.3, -0.25) is 33.7 Å². The molecule has 19 heteroatoms. The van der Waals surface area contributed by atoms with Gasteiger partial charge in [0.15, 0.2) is 11.6 Å². The number of amides is 6. The monoisotopic (exact) mass is 919 g/mol. The lowest BCUT2D eigenvalue weighted by Gasteiger charge is -2.24. The molecular weight excluding hydrogens is 867 g/mol. The van der Waals surface area contributed by atoms with Crippen molar-refractivity contribution < 1.29 is 57.3 Å². The zero-order valence-corrected chi connectivity index (χ0v) is 37.3. The quantitative estimate of drug-likeness (QED) is 0.0477. The van der Waals surface area contributed by atoms with E-state index in [1.807, 2.05) is 6.07 Å². The highest BCUT2D eigenvalue weighted by molar-refractivity contribution is 6.26. The first-order chi connectivity index (χ1) is 32.3. The van der Waals surface area contributed by atoms with Gasteiger partial charge < -0.3 is 40.6 Å². The number of nitrogens with zero attached hydrogens (tertiary/aromatic N) is 3. The molecule has 1 aromatic heterocycles. The summed E-state index contributed by atoms with van der Waals surface area (Å²) in [6, 6.07) is 17.3. The molecule has 2 aliphatic carbocycles. The molecule has 3 aliphatic rings. The number of ketones is 2. The number of nitrogens with one attached hydrogen (secondary N) is 3. The van der Waals surface area contributed by atoms with E-state index in [4.69, 9.17) is 24.7 Å². The molecule has 4 aromatic rings. The lowest BCUT2D eigenvalue weighted by molar-refractivity contribution is -0.139. The van der Waals surface area contributed by atoms with Crippen molar-refractivity contribution >= 4 is 63.9 Å². The second-order valence-corrected chi connectivity index (χ2v) is 16.6. The number of Topliss-reactive ketones (excluding diaryl/α,β-unsaturated/α-hetero) is 1. The third kappa shape index (κ3) is 11.7. The van der Waals surface area contributed by atoms with Crippen LogP contribution >= 0.6 is 0 Å². The maximum absolute atomic E-state index is 13.7. The number of fused-ring (bicyclic) bond motifs is 2. The van der Waals surface area contributed by atoms with Crippen LogP contribution in [0.3, 0.4) is 0 Å². The molecule has 0 bridgehead atoms. The molecule has 6 amide bonds. The van der Waals surface area contributed by atoms with Gasteiger partial charge in [0.05, 0.1) is 57.7 Å². The van der Waals surface area contributed by atoms with Crippen molar-refractivity contribution in [1.29, 1.82) is 0 Å². The largest absolute Gasteiger partial charge is 0.443 e. The number of anilines is 1. The molecule has 0 saturated carbocycles. The number of urea groups is 1. The Bertz CT molecular complexity index is 2580. The van der Waals surface area contributed by atoms with Crippen LogP contribution in [-0.4, -0.2) is 121 Å².